The maximum Gasteiger partial charge on any atom is 0.0644 e. The van der Waals surface area contributed by atoms with Gasteiger partial charge in [-0.1, -0.05) is 6.92 Å². The summed E-state index contributed by atoms with van der Waals surface area (Å²) >= 11 is 0. The Labute approximate surface area is 123 Å². The quantitative estimate of drug-likeness (QED) is 0.868. The van der Waals surface area contributed by atoms with Gasteiger partial charge in [-0.2, -0.15) is 5.10 Å². The van der Waals surface area contributed by atoms with Gasteiger partial charge in [-0.25, -0.2) is 0 Å². The maximum atomic E-state index is 4.67. The van der Waals surface area contributed by atoms with Crippen LogP contribution in [0.25, 0.3) is 0 Å². The fourth-order valence-corrected chi connectivity index (χ4v) is 3.56. The lowest BCUT2D eigenvalue weighted by molar-refractivity contribution is 0.201. The predicted molar refractivity (Wildman–Crippen MR) is 84.1 cm³/mol. The van der Waals surface area contributed by atoms with E-state index in [0.717, 1.165) is 19.6 Å². The van der Waals surface area contributed by atoms with Crippen LogP contribution in [0.2, 0.25) is 0 Å². The molecule has 1 aliphatic rings. The molecule has 0 aromatic carbocycles. The van der Waals surface area contributed by atoms with E-state index >= 15 is 0 Å². The van der Waals surface area contributed by atoms with Crippen LogP contribution in [-0.4, -0.2) is 40.4 Å². The lowest BCUT2D eigenvalue weighted by atomic mass is 10.0. The molecule has 1 aliphatic heterocycles. The number of aryl methyl sites for hydroxylation is 2. The molecule has 0 radical (unpaired) electrons. The summed E-state index contributed by atoms with van der Waals surface area (Å²) < 4.78 is 2.13. The molecule has 20 heavy (non-hydrogen) atoms. The number of hydrogen-bond acceptors (Lipinski definition) is 3. The predicted octanol–water partition coefficient (Wildman–Crippen LogP) is 2.65. The number of nitrogens with one attached hydrogen (secondary N) is 1. The van der Waals surface area contributed by atoms with E-state index in [1.807, 2.05) is 0 Å². The van der Waals surface area contributed by atoms with E-state index in [1.165, 1.54) is 36.3 Å². The lowest BCUT2D eigenvalue weighted by Crippen LogP contribution is -2.39. The van der Waals surface area contributed by atoms with Gasteiger partial charge in [0, 0.05) is 36.4 Å². The Morgan fingerprint density at radius 1 is 1.40 bits per heavy atom. The van der Waals surface area contributed by atoms with Crippen molar-refractivity contribution >= 4 is 0 Å². The minimum atomic E-state index is 0.447. The Balaban J connectivity index is 2.14. The van der Waals surface area contributed by atoms with E-state index in [9.17, 15) is 0 Å². The van der Waals surface area contributed by atoms with Crippen LogP contribution in [0.5, 0.6) is 0 Å². The van der Waals surface area contributed by atoms with E-state index in [4.69, 9.17) is 0 Å². The van der Waals surface area contributed by atoms with Crippen LogP contribution < -0.4 is 5.32 Å². The third-order valence-corrected chi connectivity index (χ3v) is 4.73. The first kappa shape index (κ1) is 15.5. The van der Waals surface area contributed by atoms with Crippen molar-refractivity contribution in [2.75, 3.05) is 19.6 Å². The van der Waals surface area contributed by atoms with Gasteiger partial charge in [-0.15, -0.1) is 0 Å². The lowest BCUT2D eigenvalue weighted by Gasteiger charge is -2.30. The van der Waals surface area contributed by atoms with Gasteiger partial charge in [0.05, 0.1) is 5.69 Å². The molecule has 1 N–H and O–H groups in total. The minimum Gasteiger partial charge on any atom is -0.313 e. The highest BCUT2D eigenvalue weighted by atomic mass is 15.3. The Kier molecular flexibility index (Phi) is 5.22. The van der Waals surface area contributed by atoms with Crippen LogP contribution in [0, 0.1) is 13.8 Å². The molecule has 1 fully saturated rings. The topological polar surface area (TPSA) is 33.1 Å². The molecule has 4 nitrogen and oxygen atoms in total. The summed E-state index contributed by atoms with van der Waals surface area (Å²) in [7, 11) is 0. The van der Waals surface area contributed by atoms with Crippen LogP contribution in [0.4, 0.5) is 0 Å². The molecule has 114 valence electrons. The number of rotatable bonds is 6. The summed E-state index contributed by atoms with van der Waals surface area (Å²) in [5.41, 5.74) is 3.94. The van der Waals surface area contributed by atoms with Crippen molar-refractivity contribution in [3.8, 4) is 0 Å². The van der Waals surface area contributed by atoms with E-state index in [0.29, 0.717) is 12.1 Å². The minimum absolute atomic E-state index is 0.447. The van der Waals surface area contributed by atoms with Crippen molar-refractivity contribution in [1.82, 2.24) is 20.0 Å². The van der Waals surface area contributed by atoms with Crippen molar-refractivity contribution < 1.29 is 0 Å². The molecule has 1 aromatic rings. The second kappa shape index (κ2) is 6.72. The van der Waals surface area contributed by atoms with Crippen LogP contribution in [0.1, 0.15) is 56.6 Å². The van der Waals surface area contributed by atoms with E-state index in [1.54, 1.807) is 0 Å². The highest BCUT2D eigenvalue weighted by molar-refractivity contribution is 5.28. The highest BCUT2D eigenvalue weighted by Gasteiger charge is 2.25. The first-order valence-corrected chi connectivity index (χ1v) is 8.09. The number of nitrogens with zero attached hydrogens (tertiary/aromatic N) is 3. The first-order chi connectivity index (χ1) is 9.58. The Morgan fingerprint density at radius 3 is 2.65 bits per heavy atom. The Morgan fingerprint density at radius 2 is 2.15 bits per heavy atom. The van der Waals surface area contributed by atoms with Crippen LogP contribution >= 0.6 is 0 Å². The summed E-state index contributed by atoms with van der Waals surface area (Å²) in [4.78, 5) is 2.58. The molecule has 0 saturated carbocycles. The molecule has 2 heterocycles. The fraction of sp³-hybridized carbons (Fsp3) is 0.812. The van der Waals surface area contributed by atoms with Gasteiger partial charge in [0.25, 0.3) is 0 Å². The number of likely N-dealkylation sites (N-methyl/N-ethyl adjacent to an activating group) is 1. The molecular formula is C16H30N4. The molecule has 0 aliphatic carbocycles. The highest BCUT2D eigenvalue weighted by Crippen LogP contribution is 2.27. The third-order valence-electron chi connectivity index (χ3n) is 4.73. The van der Waals surface area contributed by atoms with Gasteiger partial charge in [-0.3, -0.25) is 9.58 Å². The molecule has 0 amide bonds. The molecule has 2 atom stereocenters. The first-order valence-electron chi connectivity index (χ1n) is 8.09. The largest absolute Gasteiger partial charge is 0.313 e. The zero-order valence-electron chi connectivity index (χ0n) is 13.7. The van der Waals surface area contributed by atoms with E-state index in [2.05, 4.69) is 54.6 Å². The van der Waals surface area contributed by atoms with Gasteiger partial charge in [0.2, 0.25) is 0 Å². The Bertz CT molecular complexity index is 432. The maximum absolute atomic E-state index is 4.67. The van der Waals surface area contributed by atoms with Crippen molar-refractivity contribution in [2.45, 2.75) is 66.1 Å². The van der Waals surface area contributed by atoms with Crippen molar-refractivity contribution in [3.63, 3.8) is 0 Å². The summed E-state index contributed by atoms with van der Waals surface area (Å²) in [6, 6.07) is 1.11. The molecule has 4 heteroatoms. The zero-order valence-corrected chi connectivity index (χ0v) is 13.7. The van der Waals surface area contributed by atoms with Crippen LogP contribution in [0.15, 0.2) is 0 Å². The van der Waals surface area contributed by atoms with Gasteiger partial charge >= 0.3 is 0 Å². The van der Waals surface area contributed by atoms with Gasteiger partial charge in [-0.05, 0) is 53.6 Å². The molecule has 0 spiro atoms. The average Bonchev–Trinajstić information content (AvgIpc) is 3.03. The zero-order chi connectivity index (χ0) is 14.7. The summed E-state index contributed by atoms with van der Waals surface area (Å²) in [6.45, 7) is 15.5. The number of aromatic nitrogens is 2. The summed E-state index contributed by atoms with van der Waals surface area (Å²) in [5, 5.41) is 8.28. The average molecular weight is 278 g/mol. The molecule has 0 bridgehead atoms. The summed E-state index contributed by atoms with van der Waals surface area (Å²) in [5.74, 6) is 0. The van der Waals surface area contributed by atoms with E-state index < -0.39 is 0 Å². The van der Waals surface area contributed by atoms with Crippen molar-refractivity contribution in [2.24, 2.45) is 0 Å². The molecule has 2 unspecified atom stereocenters. The standard InChI is InChI=1S/C16H30N4/c1-6-19(11-15-9-8-10-17-15)13(4)16-12(3)18-20(7-2)14(16)5/h13,15,17H,6-11H2,1-5H3. The fourth-order valence-electron chi connectivity index (χ4n) is 3.56. The second-order valence-electron chi connectivity index (χ2n) is 5.96. The molecular weight excluding hydrogens is 248 g/mol. The van der Waals surface area contributed by atoms with Crippen molar-refractivity contribution in [1.29, 1.82) is 0 Å². The van der Waals surface area contributed by atoms with Gasteiger partial charge < -0.3 is 5.32 Å². The van der Waals surface area contributed by atoms with Crippen molar-refractivity contribution in [3.05, 3.63) is 17.0 Å². The summed E-state index contributed by atoms with van der Waals surface area (Å²) in [6.07, 6.45) is 2.64. The van der Waals surface area contributed by atoms with E-state index in [-0.39, 0.29) is 0 Å². The number of hydrogen-bond donors (Lipinski definition) is 1. The smallest absolute Gasteiger partial charge is 0.0644 e. The Hall–Kier alpha value is -0.870. The molecule has 2 rings (SSSR count). The van der Waals surface area contributed by atoms with Gasteiger partial charge in [0.1, 0.15) is 0 Å². The third kappa shape index (κ3) is 3.07. The molecule has 1 saturated heterocycles. The van der Waals surface area contributed by atoms with Crippen LogP contribution in [0.3, 0.4) is 0 Å². The van der Waals surface area contributed by atoms with Crippen LogP contribution in [-0.2, 0) is 6.54 Å². The SMILES string of the molecule is CCN(CC1CCCN1)C(C)c1c(C)nn(CC)c1C. The second-order valence-corrected chi connectivity index (χ2v) is 5.96. The normalized spacial score (nSPS) is 20.8. The monoisotopic (exact) mass is 278 g/mol. The van der Waals surface area contributed by atoms with Gasteiger partial charge in [0.15, 0.2) is 0 Å². The molecule has 1 aromatic heterocycles.